The first-order chi connectivity index (χ1) is 7.24. The van der Waals surface area contributed by atoms with Gasteiger partial charge in [0.2, 0.25) is 0 Å². The Balaban J connectivity index is 2.22. The lowest BCUT2D eigenvalue weighted by atomic mass is 10.3. The van der Waals surface area contributed by atoms with Gasteiger partial charge < -0.3 is 9.47 Å². The highest BCUT2D eigenvalue weighted by Gasteiger charge is 2.09. The van der Waals surface area contributed by atoms with Crippen molar-refractivity contribution in [3.8, 4) is 0 Å². The van der Waals surface area contributed by atoms with Crippen LogP contribution >= 0.6 is 11.3 Å². The molecular weight excluding hydrogens is 212 g/mol. The molecule has 0 N–H and O–H groups in total. The molecule has 0 aliphatic carbocycles. The summed E-state index contributed by atoms with van der Waals surface area (Å²) in [6, 6.07) is 3.67. The Morgan fingerprint density at radius 3 is 3.00 bits per heavy atom. The third-order valence-electron chi connectivity index (χ3n) is 1.85. The van der Waals surface area contributed by atoms with Crippen LogP contribution < -0.4 is 0 Å². The molecule has 1 unspecified atom stereocenters. The number of carbonyl (C=O) groups is 1. The van der Waals surface area contributed by atoms with Crippen LogP contribution in [0, 0.1) is 0 Å². The maximum absolute atomic E-state index is 11.5. The molecule has 1 heterocycles. The molecular formula is C11H16O3S. The Hall–Kier alpha value is -0.710. The van der Waals surface area contributed by atoms with E-state index in [9.17, 15) is 4.79 Å². The molecule has 1 aromatic heterocycles. The molecule has 1 atom stereocenters. The van der Waals surface area contributed by atoms with Crippen LogP contribution in [0.25, 0.3) is 0 Å². The van der Waals surface area contributed by atoms with Gasteiger partial charge >= 0.3 is 0 Å². The van der Waals surface area contributed by atoms with E-state index in [1.807, 2.05) is 31.4 Å². The Morgan fingerprint density at radius 1 is 1.60 bits per heavy atom. The number of hydrogen-bond donors (Lipinski definition) is 0. The number of Topliss-reactive ketones (excluding diaryl/α,β-unsaturated/α-hetero) is 1. The van der Waals surface area contributed by atoms with Gasteiger partial charge in [-0.2, -0.15) is 0 Å². The summed E-state index contributed by atoms with van der Waals surface area (Å²) in [6.07, 6.45) is -0.0335. The molecule has 0 bridgehead atoms. The zero-order valence-electron chi connectivity index (χ0n) is 9.06. The minimum absolute atomic E-state index is 0.0335. The van der Waals surface area contributed by atoms with Crippen molar-refractivity contribution in [2.45, 2.75) is 20.0 Å². The lowest BCUT2D eigenvalue weighted by Crippen LogP contribution is -2.20. The summed E-state index contributed by atoms with van der Waals surface area (Å²) < 4.78 is 10.5. The van der Waals surface area contributed by atoms with Crippen LogP contribution in [-0.4, -0.2) is 31.7 Å². The molecule has 84 valence electrons. The van der Waals surface area contributed by atoms with E-state index in [0.29, 0.717) is 13.2 Å². The number of rotatable bonds is 7. The maximum atomic E-state index is 11.5. The van der Waals surface area contributed by atoms with Crippen LogP contribution in [0.4, 0.5) is 0 Å². The standard InChI is InChI=1S/C11H16O3S/c1-3-13-7-9(2)14-8-10(12)11-5-4-6-15-11/h4-6,9H,3,7-8H2,1-2H3. The van der Waals surface area contributed by atoms with E-state index in [1.54, 1.807) is 0 Å². The normalized spacial score (nSPS) is 12.7. The number of ketones is 1. The molecule has 0 spiro atoms. The Bertz CT molecular complexity index is 282. The fourth-order valence-electron chi connectivity index (χ4n) is 1.06. The number of hydrogen-bond acceptors (Lipinski definition) is 4. The average molecular weight is 228 g/mol. The Morgan fingerprint density at radius 2 is 2.40 bits per heavy atom. The van der Waals surface area contributed by atoms with Crippen LogP contribution in [0.2, 0.25) is 0 Å². The summed E-state index contributed by atoms with van der Waals surface area (Å²) in [6.45, 7) is 5.18. The summed E-state index contributed by atoms with van der Waals surface area (Å²) in [5.41, 5.74) is 0. The maximum Gasteiger partial charge on any atom is 0.198 e. The molecule has 0 fully saturated rings. The first-order valence-corrected chi connectivity index (χ1v) is 5.88. The molecule has 4 heteroatoms. The van der Waals surface area contributed by atoms with Crippen molar-refractivity contribution in [2.24, 2.45) is 0 Å². The van der Waals surface area contributed by atoms with E-state index < -0.39 is 0 Å². The van der Waals surface area contributed by atoms with Gasteiger partial charge in [-0.3, -0.25) is 4.79 Å². The van der Waals surface area contributed by atoms with Crippen LogP contribution in [0.15, 0.2) is 17.5 Å². The number of carbonyl (C=O) groups excluding carboxylic acids is 1. The van der Waals surface area contributed by atoms with E-state index in [4.69, 9.17) is 9.47 Å². The summed E-state index contributed by atoms with van der Waals surface area (Å²) >= 11 is 1.44. The molecule has 3 nitrogen and oxygen atoms in total. The van der Waals surface area contributed by atoms with Crippen LogP contribution in [-0.2, 0) is 9.47 Å². The Labute approximate surface area is 94.0 Å². The van der Waals surface area contributed by atoms with Crippen molar-refractivity contribution < 1.29 is 14.3 Å². The predicted octanol–water partition coefficient (Wildman–Crippen LogP) is 2.37. The lowest BCUT2D eigenvalue weighted by molar-refractivity contribution is 0.00127. The molecule has 0 saturated carbocycles. The molecule has 0 aliphatic heterocycles. The molecule has 0 saturated heterocycles. The van der Waals surface area contributed by atoms with Gasteiger partial charge in [-0.1, -0.05) is 6.07 Å². The van der Waals surface area contributed by atoms with Crippen molar-refractivity contribution in [2.75, 3.05) is 19.8 Å². The van der Waals surface area contributed by atoms with Gasteiger partial charge in [0.1, 0.15) is 6.61 Å². The molecule has 0 aromatic carbocycles. The predicted molar refractivity (Wildman–Crippen MR) is 60.6 cm³/mol. The summed E-state index contributed by atoms with van der Waals surface area (Å²) in [5.74, 6) is 0.0355. The van der Waals surface area contributed by atoms with Crippen molar-refractivity contribution in [3.05, 3.63) is 22.4 Å². The Kier molecular flexibility index (Phi) is 5.53. The number of thiophene rings is 1. The molecule has 1 aromatic rings. The fourth-order valence-corrected chi connectivity index (χ4v) is 1.71. The average Bonchev–Trinajstić information content (AvgIpc) is 2.76. The monoisotopic (exact) mass is 228 g/mol. The zero-order chi connectivity index (χ0) is 11.1. The van der Waals surface area contributed by atoms with Gasteiger partial charge in [-0.15, -0.1) is 11.3 Å². The highest BCUT2D eigenvalue weighted by molar-refractivity contribution is 7.12. The van der Waals surface area contributed by atoms with Gasteiger partial charge in [0, 0.05) is 6.61 Å². The van der Waals surface area contributed by atoms with Crippen molar-refractivity contribution in [3.63, 3.8) is 0 Å². The topological polar surface area (TPSA) is 35.5 Å². The quantitative estimate of drug-likeness (QED) is 0.672. The number of ether oxygens (including phenoxy) is 2. The van der Waals surface area contributed by atoms with E-state index in [0.717, 1.165) is 4.88 Å². The highest BCUT2D eigenvalue weighted by atomic mass is 32.1. The van der Waals surface area contributed by atoms with E-state index in [-0.39, 0.29) is 18.5 Å². The lowest BCUT2D eigenvalue weighted by Gasteiger charge is -2.11. The minimum Gasteiger partial charge on any atom is -0.379 e. The first kappa shape index (κ1) is 12.4. The van der Waals surface area contributed by atoms with Gasteiger partial charge in [-0.25, -0.2) is 0 Å². The van der Waals surface area contributed by atoms with Crippen molar-refractivity contribution in [1.82, 2.24) is 0 Å². The smallest absolute Gasteiger partial charge is 0.198 e. The summed E-state index contributed by atoms with van der Waals surface area (Å²) in [7, 11) is 0. The fraction of sp³-hybridized carbons (Fsp3) is 0.545. The molecule has 15 heavy (non-hydrogen) atoms. The third kappa shape index (κ3) is 4.55. The van der Waals surface area contributed by atoms with Crippen LogP contribution in [0.5, 0.6) is 0 Å². The van der Waals surface area contributed by atoms with Gasteiger partial charge in [0.05, 0.1) is 17.6 Å². The second kappa shape index (κ2) is 6.71. The van der Waals surface area contributed by atoms with Crippen molar-refractivity contribution >= 4 is 17.1 Å². The zero-order valence-corrected chi connectivity index (χ0v) is 9.88. The van der Waals surface area contributed by atoms with Crippen LogP contribution in [0.1, 0.15) is 23.5 Å². The highest BCUT2D eigenvalue weighted by Crippen LogP contribution is 2.09. The van der Waals surface area contributed by atoms with E-state index in [2.05, 4.69) is 0 Å². The molecule has 0 amide bonds. The molecule has 0 aliphatic rings. The second-order valence-electron chi connectivity index (χ2n) is 3.18. The summed E-state index contributed by atoms with van der Waals surface area (Å²) in [4.78, 5) is 12.3. The van der Waals surface area contributed by atoms with Crippen molar-refractivity contribution in [1.29, 1.82) is 0 Å². The van der Waals surface area contributed by atoms with Gasteiger partial charge in [-0.05, 0) is 25.3 Å². The SMILES string of the molecule is CCOCC(C)OCC(=O)c1cccs1. The first-order valence-electron chi connectivity index (χ1n) is 5.00. The molecule has 1 rings (SSSR count). The third-order valence-corrected chi connectivity index (χ3v) is 2.76. The van der Waals surface area contributed by atoms with E-state index in [1.165, 1.54) is 11.3 Å². The van der Waals surface area contributed by atoms with Crippen LogP contribution in [0.3, 0.4) is 0 Å². The minimum atomic E-state index is -0.0335. The van der Waals surface area contributed by atoms with Gasteiger partial charge in [0.15, 0.2) is 5.78 Å². The van der Waals surface area contributed by atoms with Gasteiger partial charge in [0.25, 0.3) is 0 Å². The summed E-state index contributed by atoms with van der Waals surface area (Å²) in [5, 5.41) is 1.89. The molecule has 0 radical (unpaired) electrons. The van der Waals surface area contributed by atoms with E-state index >= 15 is 0 Å². The second-order valence-corrected chi connectivity index (χ2v) is 4.13. The largest absolute Gasteiger partial charge is 0.379 e.